The van der Waals surface area contributed by atoms with Crippen molar-refractivity contribution in [1.82, 2.24) is 9.78 Å². The van der Waals surface area contributed by atoms with Crippen molar-refractivity contribution in [2.24, 2.45) is 18.4 Å². The number of nitriles is 1. The van der Waals surface area contributed by atoms with Crippen LogP contribution in [0.4, 0.5) is 0 Å². The molecule has 0 N–H and O–H groups in total. The van der Waals surface area contributed by atoms with Crippen molar-refractivity contribution >= 4 is 17.4 Å². The van der Waals surface area contributed by atoms with Gasteiger partial charge in [-0.1, -0.05) is 38.4 Å². The van der Waals surface area contributed by atoms with Crippen molar-refractivity contribution in [3.63, 3.8) is 0 Å². The van der Waals surface area contributed by atoms with Crippen LogP contribution in [-0.2, 0) is 23.7 Å². The van der Waals surface area contributed by atoms with Crippen LogP contribution >= 0.6 is 11.6 Å². The van der Waals surface area contributed by atoms with Crippen molar-refractivity contribution in [2.45, 2.75) is 39.0 Å². The SMILES string of the molecule is Cn1nc2c(c1Cl)CCC1C(C)(C)C(=O)C(C#N)=C[C@]21C. The van der Waals surface area contributed by atoms with Crippen LogP contribution in [0.25, 0.3) is 0 Å². The number of aromatic nitrogens is 2. The Bertz CT molecular complexity index is 723. The summed E-state index contributed by atoms with van der Waals surface area (Å²) in [5, 5.41) is 14.6. The van der Waals surface area contributed by atoms with Gasteiger partial charge >= 0.3 is 0 Å². The number of allylic oxidation sites excluding steroid dienone is 2. The highest BCUT2D eigenvalue weighted by molar-refractivity contribution is 6.30. The Morgan fingerprint density at radius 3 is 2.76 bits per heavy atom. The minimum absolute atomic E-state index is 0.0575. The number of carbonyl (C=O) groups is 1. The number of hydrogen-bond acceptors (Lipinski definition) is 3. The van der Waals surface area contributed by atoms with Crippen LogP contribution in [0.5, 0.6) is 0 Å². The van der Waals surface area contributed by atoms with Crippen LogP contribution in [0, 0.1) is 22.7 Å². The summed E-state index contributed by atoms with van der Waals surface area (Å²) in [6, 6.07) is 2.06. The molecule has 0 saturated heterocycles. The van der Waals surface area contributed by atoms with Gasteiger partial charge in [0.05, 0.1) is 11.3 Å². The molecule has 1 aromatic rings. The number of aryl methyl sites for hydroxylation is 1. The molecule has 2 aliphatic carbocycles. The lowest BCUT2D eigenvalue weighted by molar-refractivity contribution is -0.128. The summed E-state index contributed by atoms with van der Waals surface area (Å²) in [5.74, 6) is 0.0750. The van der Waals surface area contributed by atoms with Crippen molar-refractivity contribution in [3.8, 4) is 6.07 Å². The van der Waals surface area contributed by atoms with E-state index in [1.165, 1.54) is 0 Å². The molecular weight excluding hydrogens is 286 g/mol. The summed E-state index contributed by atoms with van der Waals surface area (Å²) in [6.07, 6.45) is 3.52. The number of hydrogen-bond donors (Lipinski definition) is 0. The van der Waals surface area contributed by atoms with Gasteiger partial charge in [0.15, 0.2) is 5.78 Å². The predicted molar refractivity (Wildman–Crippen MR) is 79.9 cm³/mol. The molecule has 0 aliphatic heterocycles. The largest absolute Gasteiger partial charge is 0.293 e. The molecule has 0 bridgehead atoms. The second kappa shape index (κ2) is 4.20. The predicted octanol–water partition coefficient (Wildman–Crippen LogP) is 2.95. The molecule has 4 nitrogen and oxygen atoms in total. The quantitative estimate of drug-likeness (QED) is 0.740. The topological polar surface area (TPSA) is 58.7 Å². The van der Waals surface area contributed by atoms with E-state index in [9.17, 15) is 10.1 Å². The van der Waals surface area contributed by atoms with Gasteiger partial charge in [0, 0.05) is 23.4 Å². The molecule has 2 atom stereocenters. The molecule has 1 heterocycles. The van der Waals surface area contributed by atoms with E-state index in [4.69, 9.17) is 11.6 Å². The highest BCUT2D eigenvalue weighted by atomic mass is 35.5. The van der Waals surface area contributed by atoms with Gasteiger partial charge in [0.2, 0.25) is 0 Å². The van der Waals surface area contributed by atoms with E-state index < -0.39 is 10.8 Å². The Hall–Kier alpha value is -1.60. The average molecular weight is 304 g/mol. The lowest BCUT2D eigenvalue weighted by Crippen LogP contribution is -2.51. The fourth-order valence-corrected chi connectivity index (χ4v) is 4.41. The molecule has 21 heavy (non-hydrogen) atoms. The molecule has 2 aliphatic rings. The van der Waals surface area contributed by atoms with E-state index in [2.05, 4.69) is 18.1 Å². The molecule has 0 aromatic carbocycles. The zero-order valence-electron chi connectivity index (χ0n) is 12.7. The van der Waals surface area contributed by atoms with Gasteiger partial charge in [-0.15, -0.1) is 0 Å². The summed E-state index contributed by atoms with van der Waals surface area (Å²) >= 11 is 6.34. The monoisotopic (exact) mass is 303 g/mol. The summed E-state index contributed by atoms with van der Waals surface area (Å²) in [7, 11) is 1.83. The first-order valence-electron chi connectivity index (χ1n) is 7.13. The fraction of sp³-hybridized carbons (Fsp3) is 0.562. The van der Waals surface area contributed by atoms with Gasteiger partial charge in [0.25, 0.3) is 0 Å². The average Bonchev–Trinajstić information content (AvgIpc) is 2.72. The number of fused-ring (bicyclic) bond motifs is 3. The lowest BCUT2D eigenvalue weighted by Gasteiger charge is -2.49. The zero-order chi connectivity index (χ0) is 15.6. The summed E-state index contributed by atoms with van der Waals surface area (Å²) in [6.45, 7) is 5.96. The van der Waals surface area contributed by atoms with Gasteiger partial charge in [-0.3, -0.25) is 9.48 Å². The van der Waals surface area contributed by atoms with E-state index in [0.29, 0.717) is 5.15 Å². The summed E-state index contributed by atoms with van der Waals surface area (Å²) in [5.41, 5.74) is 1.24. The highest BCUT2D eigenvalue weighted by Crippen LogP contribution is 2.54. The first-order valence-corrected chi connectivity index (χ1v) is 7.51. The minimum Gasteiger partial charge on any atom is -0.293 e. The van der Waals surface area contributed by atoms with Gasteiger partial charge in [0.1, 0.15) is 11.2 Å². The molecular formula is C16H18ClN3O. The first-order chi connectivity index (χ1) is 9.73. The van der Waals surface area contributed by atoms with E-state index >= 15 is 0 Å². The van der Waals surface area contributed by atoms with Crippen LogP contribution in [0.15, 0.2) is 11.6 Å². The Labute approximate surface area is 129 Å². The van der Waals surface area contributed by atoms with Crippen molar-refractivity contribution in [3.05, 3.63) is 28.1 Å². The molecule has 0 saturated carbocycles. The molecule has 0 spiro atoms. The maximum atomic E-state index is 12.5. The van der Waals surface area contributed by atoms with E-state index in [-0.39, 0.29) is 17.3 Å². The summed E-state index contributed by atoms with van der Waals surface area (Å²) < 4.78 is 1.68. The van der Waals surface area contributed by atoms with E-state index in [1.807, 2.05) is 27.0 Å². The Kier molecular flexibility index (Phi) is 2.87. The van der Waals surface area contributed by atoms with Gasteiger partial charge in [-0.05, 0) is 18.8 Å². The number of halogens is 1. The molecule has 110 valence electrons. The summed E-state index contributed by atoms with van der Waals surface area (Å²) in [4.78, 5) is 12.5. The lowest BCUT2D eigenvalue weighted by atomic mass is 9.52. The zero-order valence-corrected chi connectivity index (χ0v) is 13.5. The van der Waals surface area contributed by atoms with Gasteiger partial charge < -0.3 is 0 Å². The van der Waals surface area contributed by atoms with Crippen molar-refractivity contribution in [1.29, 1.82) is 5.26 Å². The normalized spacial score (nSPS) is 30.2. The number of carbonyl (C=O) groups excluding carboxylic acids is 1. The molecule has 0 radical (unpaired) electrons. The Balaban J connectivity index is 2.30. The van der Waals surface area contributed by atoms with E-state index in [1.54, 1.807) is 4.68 Å². The molecule has 0 amide bonds. The number of nitrogens with zero attached hydrogens (tertiary/aromatic N) is 3. The van der Waals surface area contributed by atoms with E-state index in [0.717, 1.165) is 24.1 Å². The second-order valence-corrected chi connectivity index (χ2v) is 7.19. The van der Waals surface area contributed by atoms with Crippen LogP contribution in [0.1, 0.15) is 38.4 Å². The van der Waals surface area contributed by atoms with Crippen molar-refractivity contribution < 1.29 is 4.79 Å². The van der Waals surface area contributed by atoms with Crippen LogP contribution in [0.3, 0.4) is 0 Å². The smallest absolute Gasteiger partial charge is 0.178 e. The van der Waals surface area contributed by atoms with Crippen LogP contribution in [0.2, 0.25) is 5.15 Å². The van der Waals surface area contributed by atoms with Crippen LogP contribution < -0.4 is 0 Å². The third-order valence-corrected chi connectivity index (χ3v) is 5.72. The third kappa shape index (κ3) is 1.67. The molecule has 5 heteroatoms. The standard InChI is InChI=1S/C16H18ClN3O/c1-15(2)11-6-5-10-12(19-20(4)14(10)17)16(11,3)7-9(8-18)13(15)21/h7,11H,5-6H2,1-4H3/t11?,16-/m0/s1. The number of rotatable bonds is 0. The van der Waals surface area contributed by atoms with Crippen molar-refractivity contribution in [2.75, 3.05) is 0 Å². The number of Topliss-reactive ketones (excluding diaryl/α,β-unsaturated/α-hetero) is 1. The molecule has 1 unspecified atom stereocenters. The molecule has 3 rings (SSSR count). The highest BCUT2D eigenvalue weighted by Gasteiger charge is 2.55. The Morgan fingerprint density at radius 2 is 2.14 bits per heavy atom. The number of ketones is 1. The Morgan fingerprint density at radius 1 is 1.48 bits per heavy atom. The molecule has 0 fully saturated rings. The third-order valence-electron chi connectivity index (χ3n) is 5.25. The minimum atomic E-state index is -0.559. The maximum absolute atomic E-state index is 12.5. The fourth-order valence-electron chi connectivity index (χ4n) is 4.19. The first kappa shape index (κ1) is 14.3. The van der Waals surface area contributed by atoms with Gasteiger partial charge in [-0.25, -0.2) is 0 Å². The van der Waals surface area contributed by atoms with Gasteiger partial charge in [-0.2, -0.15) is 10.4 Å². The molecule has 1 aromatic heterocycles. The maximum Gasteiger partial charge on any atom is 0.178 e. The second-order valence-electron chi connectivity index (χ2n) is 6.84. The van der Waals surface area contributed by atoms with Crippen LogP contribution in [-0.4, -0.2) is 15.6 Å².